The molecule has 1 rings (SSSR count). The molecule has 2 nitrogen and oxygen atoms in total. The lowest BCUT2D eigenvalue weighted by Gasteiger charge is -2.30. The molecule has 0 fully saturated rings. The summed E-state index contributed by atoms with van der Waals surface area (Å²) in [5, 5.41) is 4.26. The number of halogens is 1. The molecule has 1 aromatic carbocycles. The highest BCUT2D eigenvalue weighted by Gasteiger charge is 2.17. The van der Waals surface area contributed by atoms with E-state index in [1.54, 1.807) is 0 Å². The number of rotatable bonds is 7. The predicted molar refractivity (Wildman–Crippen MR) is 80.1 cm³/mol. The molecule has 0 bridgehead atoms. The van der Waals surface area contributed by atoms with Crippen molar-refractivity contribution in [1.29, 1.82) is 0 Å². The second-order valence-corrected chi connectivity index (χ2v) is 5.44. The Morgan fingerprint density at radius 1 is 1.28 bits per heavy atom. The molecule has 0 heterocycles. The SMILES string of the molecule is CCNCC(C)C(C)N(C)Cc1ccccc1Cl. The molecule has 102 valence electrons. The number of nitrogens with one attached hydrogen (secondary N) is 1. The van der Waals surface area contributed by atoms with Crippen LogP contribution in [0.4, 0.5) is 0 Å². The van der Waals surface area contributed by atoms with Gasteiger partial charge in [-0.25, -0.2) is 0 Å². The Morgan fingerprint density at radius 3 is 2.56 bits per heavy atom. The maximum Gasteiger partial charge on any atom is 0.0451 e. The van der Waals surface area contributed by atoms with Gasteiger partial charge >= 0.3 is 0 Å². The zero-order valence-electron chi connectivity index (χ0n) is 11.9. The molecule has 2 unspecified atom stereocenters. The second kappa shape index (κ2) is 7.78. The monoisotopic (exact) mass is 268 g/mol. The Morgan fingerprint density at radius 2 is 1.94 bits per heavy atom. The first-order valence-corrected chi connectivity index (χ1v) is 7.08. The summed E-state index contributed by atoms with van der Waals surface area (Å²) < 4.78 is 0. The summed E-state index contributed by atoms with van der Waals surface area (Å²) in [5.74, 6) is 0.623. The second-order valence-electron chi connectivity index (χ2n) is 5.03. The lowest BCUT2D eigenvalue weighted by atomic mass is 10.0. The molecule has 0 saturated carbocycles. The van der Waals surface area contributed by atoms with Crippen molar-refractivity contribution in [2.24, 2.45) is 5.92 Å². The summed E-state index contributed by atoms with van der Waals surface area (Å²) in [6.07, 6.45) is 0. The Balaban J connectivity index is 2.54. The van der Waals surface area contributed by atoms with E-state index in [9.17, 15) is 0 Å². The summed E-state index contributed by atoms with van der Waals surface area (Å²) in [7, 11) is 2.16. The van der Waals surface area contributed by atoms with E-state index < -0.39 is 0 Å². The fourth-order valence-corrected chi connectivity index (χ4v) is 2.21. The highest BCUT2D eigenvalue weighted by Crippen LogP contribution is 2.19. The van der Waals surface area contributed by atoms with E-state index in [1.165, 1.54) is 5.56 Å². The summed E-state index contributed by atoms with van der Waals surface area (Å²) >= 11 is 6.20. The molecule has 0 radical (unpaired) electrons. The third-order valence-corrected chi connectivity index (χ3v) is 3.98. The molecule has 1 aromatic rings. The fraction of sp³-hybridized carbons (Fsp3) is 0.600. The predicted octanol–water partition coefficient (Wildman–Crippen LogP) is 3.41. The lowest BCUT2D eigenvalue weighted by Crippen LogP contribution is -2.38. The van der Waals surface area contributed by atoms with Gasteiger partial charge in [-0.05, 0) is 44.6 Å². The minimum absolute atomic E-state index is 0.528. The Kier molecular flexibility index (Phi) is 6.69. The average molecular weight is 269 g/mol. The highest BCUT2D eigenvalue weighted by molar-refractivity contribution is 6.31. The van der Waals surface area contributed by atoms with E-state index in [0.29, 0.717) is 12.0 Å². The Labute approximate surface area is 116 Å². The van der Waals surface area contributed by atoms with Crippen molar-refractivity contribution < 1.29 is 0 Å². The van der Waals surface area contributed by atoms with Gasteiger partial charge in [-0.1, -0.05) is 43.6 Å². The van der Waals surface area contributed by atoms with Crippen LogP contribution in [0.5, 0.6) is 0 Å². The Hall–Kier alpha value is -0.570. The van der Waals surface area contributed by atoms with Gasteiger partial charge < -0.3 is 5.32 Å². The van der Waals surface area contributed by atoms with Gasteiger partial charge in [0, 0.05) is 17.6 Å². The van der Waals surface area contributed by atoms with Crippen molar-refractivity contribution in [2.45, 2.75) is 33.4 Å². The van der Waals surface area contributed by atoms with E-state index in [0.717, 1.165) is 24.7 Å². The molecule has 3 heteroatoms. The summed E-state index contributed by atoms with van der Waals surface area (Å²) in [5.41, 5.74) is 1.20. The van der Waals surface area contributed by atoms with Gasteiger partial charge in [0.2, 0.25) is 0 Å². The number of hydrogen-bond donors (Lipinski definition) is 1. The zero-order valence-corrected chi connectivity index (χ0v) is 12.7. The molecule has 0 aliphatic heterocycles. The van der Waals surface area contributed by atoms with E-state index in [-0.39, 0.29) is 0 Å². The summed E-state index contributed by atoms with van der Waals surface area (Å²) in [6, 6.07) is 8.60. The van der Waals surface area contributed by atoms with Gasteiger partial charge in [-0.15, -0.1) is 0 Å². The molecule has 0 aliphatic carbocycles. The van der Waals surface area contributed by atoms with Crippen molar-refractivity contribution >= 4 is 11.6 Å². The van der Waals surface area contributed by atoms with Gasteiger partial charge in [0.1, 0.15) is 0 Å². The van der Waals surface area contributed by atoms with Gasteiger partial charge in [0.25, 0.3) is 0 Å². The fourth-order valence-electron chi connectivity index (χ4n) is 2.02. The van der Waals surface area contributed by atoms with Crippen LogP contribution in [0.25, 0.3) is 0 Å². The molecule has 0 spiro atoms. The van der Waals surface area contributed by atoms with E-state index in [2.05, 4.69) is 44.1 Å². The van der Waals surface area contributed by atoms with E-state index >= 15 is 0 Å². The first kappa shape index (κ1) is 15.5. The summed E-state index contributed by atoms with van der Waals surface area (Å²) in [4.78, 5) is 2.36. The largest absolute Gasteiger partial charge is 0.317 e. The van der Waals surface area contributed by atoms with Gasteiger partial charge in [0.15, 0.2) is 0 Å². The minimum Gasteiger partial charge on any atom is -0.317 e. The van der Waals surface area contributed by atoms with Crippen LogP contribution < -0.4 is 5.32 Å². The summed E-state index contributed by atoms with van der Waals surface area (Å²) in [6.45, 7) is 9.70. The van der Waals surface area contributed by atoms with Crippen LogP contribution in [-0.4, -0.2) is 31.1 Å². The third-order valence-electron chi connectivity index (χ3n) is 3.61. The molecule has 0 amide bonds. The quantitative estimate of drug-likeness (QED) is 0.815. The smallest absolute Gasteiger partial charge is 0.0451 e. The van der Waals surface area contributed by atoms with Crippen LogP contribution in [-0.2, 0) is 6.54 Å². The first-order valence-electron chi connectivity index (χ1n) is 6.70. The van der Waals surface area contributed by atoms with E-state index in [4.69, 9.17) is 11.6 Å². The lowest BCUT2D eigenvalue weighted by molar-refractivity contribution is 0.189. The van der Waals surface area contributed by atoms with E-state index in [1.807, 2.05) is 18.2 Å². The molecular formula is C15H25ClN2. The average Bonchev–Trinajstić information content (AvgIpc) is 2.37. The standard InChI is InChI=1S/C15H25ClN2/c1-5-17-10-12(2)13(3)18(4)11-14-8-6-7-9-15(14)16/h6-9,12-13,17H,5,10-11H2,1-4H3. The van der Waals surface area contributed by atoms with Crippen molar-refractivity contribution in [3.8, 4) is 0 Å². The maximum absolute atomic E-state index is 6.20. The number of nitrogens with zero attached hydrogens (tertiary/aromatic N) is 1. The Bertz CT molecular complexity index is 354. The first-order chi connectivity index (χ1) is 8.56. The van der Waals surface area contributed by atoms with Crippen molar-refractivity contribution in [3.63, 3.8) is 0 Å². The molecule has 1 N–H and O–H groups in total. The number of hydrogen-bond acceptors (Lipinski definition) is 2. The van der Waals surface area contributed by atoms with Crippen LogP contribution in [0.2, 0.25) is 5.02 Å². The van der Waals surface area contributed by atoms with Crippen LogP contribution >= 0.6 is 11.6 Å². The zero-order chi connectivity index (χ0) is 13.5. The van der Waals surface area contributed by atoms with Gasteiger partial charge in [-0.3, -0.25) is 4.90 Å². The van der Waals surface area contributed by atoms with Crippen LogP contribution in [0.1, 0.15) is 26.3 Å². The highest BCUT2D eigenvalue weighted by atomic mass is 35.5. The van der Waals surface area contributed by atoms with Gasteiger partial charge in [-0.2, -0.15) is 0 Å². The molecular weight excluding hydrogens is 244 g/mol. The molecule has 18 heavy (non-hydrogen) atoms. The number of benzene rings is 1. The topological polar surface area (TPSA) is 15.3 Å². The normalized spacial score (nSPS) is 14.8. The van der Waals surface area contributed by atoms with Gasteiger partial charge in [0.05, 0.1) is 0 Å². The maximum atomic E-state index is 6.20. The minimum atomic E-state index is 0.528. The molecule has 2 atom stereocenters. The van der Waals surface area contributed by atoms with Crippen LogP contribution in [0.3, 0.4) is 0 Å². The van der Waals surface area contributed by atoms with Crippen LogP contribution in [0, 0.1) is 5.92 Å². The van der Waals surface area contributed by atoms with Crippen molar-refractivity contribution in [2.75, 3.05) is 20.1 Å². The third kappa shape index (κ3) is 4.60. The van der Waals surface area contributed by atoms with Crippen molar-refractivity contribution in [3.05, 3.63) is 34.9 Å². The molecule has 0 saturated heterocycles. The molecule has 0 aliphatic rings. The van der Waals surface area contributed by atoms with Crippen molar-refractivity contribution in [1.82, 2.24) is 10.2 Å². The van der Waals surface area contributed by atoms with Crippen LogP contribution in [0.15, 0.2) is 24.3 Å². The molecule has 0 aromatic heterocycles.